The molecule has 152 valence electrons. The van der Waals surface area contributed by atoms with Crippen molar-refractivity contribution in [2.75, 3.05) is 49.5 Å². The monoisotopic (exact) mass is 413 g/mol. The summed E-state index contributed by atoms with van der Waals surface area (Å²) in [6.07, 6.45) is 3.29. The molecule has 4 rings (SSSR count). The number of piperazine rings is 1. The number of nitrogens with zero attached hydrogens (tertiary/aromatic N) is 7. The highest BCUT2D eigenvalue weighted by Crippen LogP contribution is 2.19. The Kier molecular flexibility index (Phi) is 5.66. The van der Waals surface area contributed by atoms with Gasteiger partial charge in [-0.3, -0.25) is 9.67 Å². The van der Waals surface area contributed by atoms with Crippen molar-refractivity contribution in [2.45, 2.75) is 0 Å². The van der Waals surface area contributed by atoms with Crippen molar-refractivity contribution in [3.05, 3.63) is 41.8 Å². The lowest BCUT2D eigenvalue weighted by atomic mass is 10.2. The predicted octanol–water partition coefficient (Wildman–Crippen LogP) is 1.57. The summed E-state index contributed by atoms with van der Waals surface area (Å²) in [6, 6.07) is 7.94. The van der Waals surface area contributed by atoms with Gasteiger partial charge in [0.15, 0.2) is 11.6 Å². The maximum atomic E-state index is 6.20. The Labute approximate surface area is 174 Å². The lowest BCUT2D eigenvalue weighted by molar-refractivity contribution is 0.381. The Balaban J connectivity index is 1.27. The molecule has 9 nitrogen and oxygen atoms in total. The maximum Gasteiger partial charge on any atom is 0.191 e. The van der Waals surface area contributed by atoms with Crippen molar-refractivity contribution in [1.29, 1.82) is 0 Å². The number of halogens is 1. The number of fused-ring (bicyclic) bond motifs is 1. The quantitative estimate of drug-likeness (QED) is 0.372. The molecule has 0 amide bonds. The fraction of sp³-hybridized carbons (Fsp3) is 0.368. The molecule has 1 aromatic carbocycles. The van der Waals surface area contributed by atoms with E-state index in [-0.39, 0.29) is 0 Å². The molecule has 3 heterocycles. The van der Waals surface area contributed by atoms with Crippen LogP contribution in [0.15, 0.2) is 41.8 Å². The zero-order chi connectivity index (χ0) is 20.2. The molecule has 0 spiro atoms. The number of hydrogen-bond acceptors (Lipinski definition) is 6. The summed E-state index contributed by atoms with van der Waals surface area (Å²) in [7, 11) is 1.86. The van der Waals surface area contributed by atoms with E-state index in [1.54, 1.807) is 10.9 Å². The highest BCUT2D eigenvalue weighted by molar-refractivity contribution is 6.30. The van der Waals surface area contributed by atoms with Gasteiger partial charge in [-0.25, -0.2) is 9.97 Å². The van der Waals surface area contributed by atoms with Crippen LogP contribution in [0.5, 0.6) is 0 Å². The SMILES string of the molecule is Cn1ncc2c(NCCN=C(N)N3CCN(c4ccc(Cl)cc4)CC3)ncnc21. The molecule has 1 aliphatic heterocycles. The molecule has 1 aliphatic rings. The topological polar surface area (TPSA) is 100 Å². The molecule has 0 radical (unpaired) electrons. The molecule has 0 saturated carbocycles. The minimum atomic E-state index is 0.564. The molecule has 3 N–H and O–H groups in total. The highest BCUT2D eigenvalue weighted by Gasteiger charge is 2.18. The molecule has 1 fully saturated rings. The Morgan fingerprint density at radius 3 is 2.69 bits per heavy atom. The van der Waals surface area contributed by atoms with Crippen LogP contribution in [0.25, 0.3) is 11.0 Å². The van der Waals surface area contributed by atoms with Crippen molar-refractivity contribution in [1.82, 2.24) is 24.6 Å². The predicted molar refractivity (Wildman–Crippen MR) is 117 cm³/mol. The zero-order valence-electron chi connectivity index (χ0n) is 16.3. The van der Waals surface area contributed by atoms with Gasteiger partial charge in [-0.2, -0.15) is 5.10 Å². The lowest BCUT2D eigenvalue weighted by Gasteiger charge is -2.36. The number of aryl methyl sites for hydroxylation is 1. The summed E-state index contributed by atoms with van der Waals surface area (Å²) in [5, 5.41) is 9.15. The summed E-state index contributed by atoms with van der Waals surface area (Å²) < 4.78 is 1.72. The lowest BCUT2D eigenvalue weighted by Crippen LogP contribution is -2.51. The second-order valence-electron chi connectivity index (χ2n) is 6.84. The van der Waals surface area contributed by atoms with Crippen LogP contribution in [0.3, 0.4) is 0 Å². The van der Waals surface area contributed by atoms with Gasteiger partial charge < -0.3 is 20.9 Å². The molecule has 3 aromatic rings. The maximum absolute atomic E-state index is 6.20. The minimum absolute atomic E-state index is 0.564. The van der Waals surface area contributed by atoms with E-state index in [1.807, 2.05) is 31.3 Å². The number of nitrogens with one attached hydrogen (secondary N) is 1. The van der Waals surface area contributed by atoms with Crippen LogP contribution < -0.4 is 16.0 Å². The van der Waals surface area contributed by atoms with E-state index >= 15 is 0 Å². The fourth-order valence-electron chi connectivity index (χ4n) is 3.39. The fourth-order valence-corrected chi connectivity index (χ4v) is 3.52. The number of guanidine groups is 1. The van der Waals surface area contributed by atoms with Crippen molar-refractivity contribution in [3.8, 4) is 0 Å². The Hall–Kier alpha value is -3.07. The molecular weight excluding hydrogens is 390 g/mol. The molecular formula is C19H24ClN9. The van der Waals surface area contributed by atoms with Gasteiger partial charge in [0.2, 0.25) is 0 Å². The first-order chi connectivity index (χ1) is 14.1. The van der Waals surface area contributed by atoms with E-state index in [2.05, 4.69) is 35.2 Å². The summed E-state index contributed by atoms with van der Waals surface area (Å²) >= 11 is 5.97. The van der Waals surface area contributed by atoms with Gasteiger partial charge in [-0.1, -0.05) is 11.6 Å². The Morgan fingerprint density at radius 1 is 1.17 bits per heavy atom. The van der Waals surface area contributed by atoms with Crippen molar-refractivity contribution in [2.24, 2.45) is 17.8 Å². The Morgan fingerprint density at radius 2 is 1.93 bits per heavy atom. The minimum Gasteiger partial charge on any atom is -0.370 e. The average Bonchev–Trinajstić information content (AvgIpc) is 3.13. The first-order valence-corrected chi connectivity index (χ1v) is 9.91. The van der Waals surface area contributed by atoms with E-state index in [9.17, 15) is 0 Å². The van der Waals surface area contributed by atoms with E-state index in [0.29, 0.717) is 19.0 Å². The van der Waals surface area contributed by atoms with Gasteiger partial charge in [0.05, 0.1) is 18.1 Å². The third-order valence-electron chi connectivity index (χ3n) is 5.00. The molecule has 29 heavy (non-hydrogen) atoms. The van der Waals surface area contributed by atoms with Crippen molar-refractivity contribution in [3.63, 3.8) is 0 Å². The molecule has 1 saturated heterocycles. The van der Waals surface area contributed by atoms with Crippen LogP contribution in [-0.4, -0.2) is 69.9 Å². The van der Waals surface area contributed by atoms with E-state index in [4.69, 9.17) is 17.3 Å². The van der Waals surface area contributed by atoms with Crippen LogP contribution in [-0.2, 0) is 7.05 Å². The van der Waals surface area contributed by atoms with E-state index in [0.717, 1.165) is 48.1 Å². The van der Waals surface area contributed by atoms with Gasteiger partial charge in [-0.15, -0.1) is 0 Å². The van der Waals surface area contributed by atoms with E-state index in [1.165, 1.54) is 12.0 Å². The summed E-state index contributed by atoms with van der Waals surface area (Å²) in [4.78, 5) is 17.5. The van der Waals surface area contributed by atoms with Gasteiger partial charge >= 0.3 is 0 Å². The third-order valence-corrected chi connectivity index (χ3v) is 5.25. The third kappa shape index (κ3) is 4.34. The van der Waals surface area contributed by atoms with Crippen LogP contribution in [0, 0.1) is 0 Å². The second-order valence-corrected chi connectivity index (χ2v) is 7.28. The van der Waals surface area contributed by atoms with Crippen molar-refractivity contribution < 1.29 is 0 Å². The molecule has 2 aromatic heterocycles. The summed E-state index contributed by atoms with van der Waals surface area (Å²) in [6.45, 7) is 4.68. The van der Waals surface area contributed by atoms with Gasteiger partial charge in [0, 0.05) is 50.5 Å². The average molecular weight is 414 g/mol. The first-order valence-electron chi connectivity index (χ1n) is 9.54. The number of hydrogen-bond donors (Lipinski definition) is 2. The van der Waals surface area contributed by atoms with E-state index < -0.39 is 0 Å². The number of aliphatic imine (C=N–C) groups is 1. The molecule has 0 aliphatic carbocycles. The second kappa shape index (κ2) is 8.52. The first kappa shape index (κ1) is 19.3. The van der Waals surface area contributed by atoms with Crippen LogP contribution in [0.2, 0.25) is 5.02 Å². The number of nitrogens with two attached hydrogens (primary N) is 1. The largest absolute Gasteiger partial charge is 0.370 e. The Bertz CT molecular complexity index is 991. The van der Waals surface area contributed by atoms with Gasteiger partial charge in [-0.05, 0) is 24.3 Å². The molecule has 0 unspecified atom stereocenters. The summed E-state index contributed by atoms with van der Waals surface area (Å²) in [5.74, 6) is 1.34. The van der Waals surface area contributed by atoms with Crippen LogP contribution in [0.1, 0.15) is 0 Å². The number of aromatic nitrogens is 4. The molecule has 10 heteroatoms. The number of anilines is 2. The van der Waals surface area contributed by atoms with Crippen molar-refractivity contribution >= 4 is 40.1 Å². The van der Waals surface area contributed by atoms with Crippen LogP contribution >= 0.6 is 11.6 Å². The normalized spacial score (nSPS) is 15.2. The van der Waals surface area contributed by atoms with Crippen LogP contribution in [0.4, 0.5) is 11.5 Å². The summed E-state index contributed by atoms with van der Waals surface area (Å²) in [5.41, 5.74) is 8.18. The zero-order valence-corrected chi connectivity index (χ0v) is 17.0. The van der Waals surface area contributed by atoms with Gasteiger partial charge in [0.25, 0.3) is 0 Å². The van der Waals surface area contributed by atoms with Gasteiger partial charge in [0.1, 0.15) is 12.1 Å². The molecule has 0 atom stereocenters. The number of rotatable bonds is 5. The highest BCUT2D eigenvalue weighted by atomic mass is 35.5. The standard InChI is InChI=1S/C19H24ClN9/c1-27-18-16(12-26-27)17(24-13-25-18)22-6-7-23-19(21)29-10-8-28(9-11-29)15-4-2-14(20)3-5-15/h2-5,12-13H,6-11H2,1H3,(H2,21,23)(H,22,24,25). The molecule has 0 bridgehead atoms. The smallest absolute Gasteiger partial charge is 0.191 e. The number of benzene rings is 1.